The Morgan fingerprint density at radius 3 is 2.71 bits per heavy atom. The van der Waals surface area contributed by atoms with Crippen molar-refractivity contribution < 1.29 is 4.52 Å². The molecule has 2 N–H and O–H groups in total. The smallest absolute Gasteiger partial charge is 0.191 e. The summed E-state index contributed by atoms with van der Waals surface area (Å²) in [5.41, 5.74) is 3.59. The molecule has 0 fully saturated rings. The monoisotopic (exact) mass is 442 g/mol. The van der Waals surface area contributed by atoms with E-state index >= 15 is 0 Å². The number of aliphatic imine (C=N–C) groups is 1. The fraction of sp³-hybridized carbons (Fsp3) is 0.444. The van der Waals surface area contributed by atoms with Crippen LogP contribution in [0.25, 0.3) is 0 Å². The van der Waals surface area contributed by atoms with Crippen LogP contribution in [-0.4, -0.2) is 24.7 Å². The summed E-state index contributed by atoms with van der Waals surface area (Å²) >= 11 is 0. The number of rotatable bonds is 6. The molecule has 0 saturated carbocycles. The van der Waals surface area contributed by atoms with Crippen molar-refractivity contribution in [3.8, 4) is 0 Å². The minimum Gasteiger partial charge on any atom is -0.359 e. The van der Waals surface area contributed by atoms with Gasteiger partial charge in [0, 0.05) is 19.7 Å². The third-order valence-electron chi connectivity index (χ3n) is 3.81. The van der Waals surface area contributed by atoms with Crippen LogP contribution in [0.3, 0.4) is 0 Å². The van der Waals surface area contributed by atoms with Gasteiger partial charge in [-0.25, -0.2) is 0 Å². The van der Waals surface area contributed by atoms with E-state index in [9.17, 15) is 0 Å². The number of halogens is 1. The van der Waals surface area contributed by atoms with Crippen molar-refractivity contribution in [3.63, 3.8) is 0 Å². The maximum atomic E-state index is 5.26. The number of aromatic nitrogens is 1. The summed E-state index contributed by atoms with van der Waals surface area (Å²) in [4.78, 5) is 4.25. The van der Waals surface area contributed by atoms with E-state index in [2.05, 4.69) is 65.8 Å². The fourth-order valence-corrected chi connectivity index (χ4v) is 2.34. The number of guanidine groups is 1. The largest absolute Gasteiger partial charge is 0.359 e. The zero-order valence-electron chi connectivity index (χ0n) is 14.8. The van der Waals surface area contributed by atoms with E-state index in [0.717, 1.165) is 30.4 Å². The predicted molar refractivity (Wildman–Crippen MR) is 109 cm³/mol. The molecule has 1 heterocycles. The minimum atomic E-state index is 0. The van der Waals surface area contributed by atoms with Crippen molar-refractivity contribution >= 4 is 29.9 Å². The maximum absolute atomic E-state index is 5.26. The van der Waals surface area contributed by atoms with Gasteiger partial charge in [-0.05, 0) is 24.8 Å². The maximum Gasteiger partial charge on any atom is 0.191 e. The quantitative estimate of drug-likeness (QED) is 0.408. The van der Waals surface area contributed by atoms with Crippen LogP contribution in [0.1, 0.15) is 42.3 Å². The summed E-state index contributed by atoms with van der Waals surface area (Å²) in [5.74, 6) is 1.99. The molecular formula is C18H27IN4O. The van der Waals surface area contributed by atoms with Crippen molar-refractivity contribution in [1.82, 2.24) is 15.8 Å². The molecule has 0 saturated heterocycles. The normalized spacial score (nSPS) is 12.4. The number of aryl methyl sites for hydroxylation is 2. The zero-order chi connectivity index (χ0) is 16.7. The van der Waals surface area contributed by atoms with Crippen molar-refractivity contribution in [2.24, 2.45) is 4.99 Å². The second-order valence-electron chi connectivity index (χ2n) is 5.76. The van der Waals surface area contributed by atoms with Gasteiger partial charge >= 0.3 is 0 Å². The van der Waals surface area contributed by atoms with Crippen LogP contribution < -0.4 is 10.6 Å². The van der Waals surface area contributed by atoms with Gasteiger partial charge in [-0.1, -0.05) is 48.8 Å². The number of nitrogens with zero attached hydrogens (tertiary/aromatic N) is 2. The van der Waals surface area contributed by atoms with Crippen LogP contribution in [0, 0.1) is 6.92 Å². The third-order valence-corrected chi connectivity index (χ3v) is 3.81. The molecule has 132 valence electrons. The number of nitrogens with one attached hydrogen (secondary N) is 2. The van der Waals surface area contributed by atoms with Crippen LogP contribution in [0.15, 0.2) is 39.8 Å². The Hall–Kier alpha value is -1.57. The number of hydrogen-bond acceptors (Lipinski definition) is 3. The summed E-state index contributed by atoms with van der Waals surface area (Å²) in [6.45, 7) is 7.78. The minimum absolute atomic E-state index is 0. The Balaban J connectivity index is 0.00000288. The molecule has 24 heavy (non-hydrogen) atoms. The Kier molecular flexibility index (Phi) is 8.81. The summed E-state index contributed by atoms with van der Waals surface area (Å²) < 4.78 is 5.26. The van der Waals surface area contributed by atoms with Gasteiger partial charge in [0.2, 0.25) is 0 Å². The molecule has 0 bridgehead atoms. The van der Waals surface area contributed by atoms with E-state index in [-0.39, 0.29) is 24.0 Å². The lowest BCUT2D eigenvalue weighted by atomic mass is 9.99. The summed E-state index contributed by atoms with van der Waals surface area (Å²) in [7, 11) is 1.77. The molecule has 1 atom stereocenters. The van der Waals surface area contributed by atoms with Crippen molar-refractivity contribution in [1.29, 1.82) is 0 Å². The van der Waals surface area contributed by atoms with Crippen LogP contribution >= 0.6 is 24.0 Å². The highest BCUT2D eigenvalue weighted by Crippen LogP contribution is 2.15. The van der Waals surface area contributed by atoms with Crippen LogP contribution in [0.4, 0.5) is 0 Å². The predicted octanol–water partition coefficient (Wildman–Crippen LogP) is 3.63. The second-order valence-corrected chi connectivity index (χ2v) is 5.76. The lowest BCUT2D eigenvalue weighted by molar-refractivity contribution is 0.374. The van der Waals surface area contributed by atoms with Gasteiger partial charge in [-0.3, -0.25) is 4.99 Å². The van der Waals surface area contributed by atoms with Gasteiger partial charge in [0.1, 0.15) is 0 Å². The first-order valence-electron chi connectivity index (χ1n) is 8.08. The van der Waals surface area contributed by atoms with E-state index in [0.29, 0.717) is 12.5 Å². The number of benzene rings is 1. The Bertz CT molecular complexity index is 654. The van der Waals surface area contributed by atoms with E-state index in [1.807, 2.05) is 6.07 Å². The molecule has 0 radical (unpaired) electrons. The summed E-state index contributed by atoms with van der Waals surface area (Å²) in [6.07, 6.45) is 0.879. The fourth-order valence-electron chi connectivity index (χ4n) is 2.34. The van der Waals surface area contributed by atoms with Crippen molar-refractivity contribution in [2.45, 2.75) is 39.7 Å². The SMILES string of the molecule is CCc1cc(CNC(=NC)NCC(C)c2cccc(C)c2)on1.I. The highest BCUT2D eigenvalue weighted by molar-refractivity contribution is 14.0. The standard InChI is InChI=1S/C18H26N4O.HI/c1-5-16-10-17(23-22-16)12-21-18(19-4)20-11-14(3)15-8-6-7-13(2)9-15;/h6-10,14H,5,11-12H2,1-4H3,(H2,19,20,21);1H. The Morgan fingerprint density at radius 1 is 1.29 bits per heavy atom. The number of hydrogen-bond donors (Lipinski definition) is 2. The lowest BCUT2D eigenvalue weighted by Crippen LogP contribution is -2.38. The molecule has 2 aromatic rings. The van der Waals surface area contributed by atoms with Gasteiger partial charge in [0.25, 0.3) is 0 Å². The van der Waals surface area contributed by atoms with Crippen molar-refractivity contribution in [3.05, 3.63) is 52.9 Å². The molecule has 0 aliphatic rings. The average molecular weight is 442 g/mol. The van der Waals surface area contributed by atoms with E-state index in [1.54, 1.807) is 7.05 Å². The highest BCUT2D eigenvalue weighted by atomic mass is 127. The molecule has 1 aromatic carbocycles. The first-order chi connectivity index (χ1) is 11.1. The lowest BCUT2D eigenvalue weighted by Gasteiger charge is -2.16. The Labute approximate surface area is 161 Å². The highest BCUT2D eigenvalue weighted by Gasteiger charge is 2.08. The molecule has 0 amide bonds. The average Bonchev–Trinajstić information content (AvgIpc) is 3.03. The van der Waals surface area contributed by atoms with Gasteiger partial charge in [-0.15, -0.1) is 24.0 Å². The molecule has 6 heteroatoms. The first-order valence-corrected chi connectivity index (χ1v) is 8.08. The molecule has 5 nitrogen and oxygen atoms in total. The van der Waals surface area contributed by atoms with Gasteiger partial charge in [0.05, 0.1) is 12.2 Å². The molecular weight excluding hydrogens is 415 g/mol. The summed E-state index contributed by atoms with van der Waals surface area (Å²) in [5, 5.41) is 10.6. The van der Waals surface area contributed by atoms with Crippen LogP contribution in [0.2, 0.25) is 0 Å². The molecule has 0 aliphatic carbocycles. The molecule has 0 aliphatic heterocycles. The van der Waals surface area contributed by atoms with E-state index in [1.165, 1.54) is 11.1 Å². The van der Waals surface area contributed by atoms with Crippen LogP contribution in [-0.2, 0) is 13.0 Å². The van der Waals surface area contributed by atoms with Gasteiger partial charge < -0.3 is 15.2 Å². The Morgan fingerprint density at radius 2 is 2.08 bits per heavy atom. The second kappa shape index (κ2) is 10.3. The van der Waals surface area contributed by atoms with Gasteiger partial charge in [0.15, 0.2) is 11.7 Å². The van der Waals surface area contributed by atoms with E-state index in [4.69, 9.17) is 4.52 Å². The zero-order valence-corrected chi connectivity index (χ0v) is 17.1. The molecule has 2 rings (SSSR count). The molecule has 0 spiro atoms. The topological polar surface area (TPSA) is 62.5 Å². The van der Waals surface area contributed by atoms with Crippen LogP contribution in [0.5, 0.6) is 0 Å². The van der Waals surface area contributed by atoms with E-state index < -0.39 is 0 Å². The third kappa shape index (κ3) is 6.14. The molecule has 1 unspecified atom stereocenters. The molecule has 1 aromatic heterocycles. The first kappa shape index (κ1) is 20.5. The summed E-state index contributed by atoms with van der Waals surface area (Å²) in [6, 6.07) is 10.6. The van der Waals surface area contributed by atoms with Crippen molar-refractivity contribution in [2.75, 3.05) is 13.6 Å². The van der Waals surface area contributed by atoms with Gasteiger partial charge in [-0.2, -0.15) is 0 Å².